The predicted molar refractivity (Wildman–Crippen MR) is 64.9 cm³/mol. The topological polar surface area (TPSA) is 38.8 Å². The molecule has 0 bridgehead atoms. The van der Waals surface area contributed by atoms with Gasteiger partial charge in [0.25, 0.3) is 0 Å². The van der Waals surface area contributed by atoms with Gasteiger partial charge in [-0.25, -0.2) is 9.10 Å². The van der Waals surface area contributed by atoms with Crippen LogP contribution in [-0.2, 0) is 8.92 Å². The molecule has 1 amide bonds. The fraction of sp³-hybridized carbons (Fsp3) is 0.909. The summed E-state index contributed by atoms with van der Waals surface area (Å²) in [4.78, 5) is 11.8. The molecule has 0 radical (unpaired) electrons. The van der Waals surface area contributed by atoms with Crippen molar-refractivity contribution in [3.63, 3.8) is 0 Å². The largest absolute Gasteiger partial charge is 0.443 e. The van der Waals surface area contributed by atoms with Gasteiger partial charge in [-0.15, -0.1) is 0 Å². The third-order valence-corrected chi connectivity index (χ3v) is 3.04. The maximum atomic E-state index is 11.8. The number of carbonyl (C=O) groups is 1. The van der Waals surface area contributed by atoms with Gasteiger partial charge in [0.2, 0.25) is 0 Å². The normalized spacial score (nSPS) is 21.2. The highest BCUT2D eigenvalue weighted by Crippen LogP contribution is 2.29. The third kappa shape index (κ3) is 4.22. The molecule has 1 aliphatic heterocycles. The summed E-state index contributed by atoms with van der Waals surface area (Å²) in [5.74, 6) is 0. The Kier molecular flexibility index (Phi) is 4.92. The molecule has 0 aromatic heterocycles. The van der Waals surface area contributed by atoms with Crippen molar-refractivity contribution in [2.75, 3.05) is 6.61 Å². The van der Waals surface area contributed by atoms with E-state index in [1.54, 1.807) is 4.31 Å². The summed E-state index contributed by atoms with van der Waals surface area (Å²) in [6, 6.07) is 0.153. The Balaban J connectivity index is 2.47. The molecular weight excluding hydrogens is 226 g/mol. The van der Waals surface area contributed by atoms with Crippen LogP contribution in [0.15, 0.2) is 0 Å². The van der Waals surface area contributed by atoms with E-state index in [1.165, 1.54) is 0 Å². The molecule has 1 saturated heterocycles. The van der Waals surface area contributed by atoms with Crippen LogP contribution in [0.25, 0.3) is 0 Å². The van der Waals surface area contributed by atoms with Crippen LogP contribution in [0, 0.1) is 0 Å². The second-order valence-corrected chi connectivity index (χ2v) is 5.74. The number of ether oxygens (including phenoxy) is 1. The van der Waals surface area contributed by atoms with Gasteiger partial charge < -0.3 is 4.74 Å². The first-order valence-corrected chi connectivity index (χ1v) is 6.45. The molecular formula is C11H21NO3S. The van der Waals surface area contributed by atoms with Gasteiger partial charge in [-0.2, -0.15) is 0 Å². The third-order valence-electron chi connectivity index (χ3n) is 2.19. The summed E-state index contributed by atoms with van der Waals surface area (Å²) >= 11 is 1.11. The van der Waals surface area contributed by atoms with Gasteiger partial charge in [-0.1, -0.05) is 19.8 Å². The Hall–Kier alpha value is -0.420. The van der Waals surface area contributed by atoms with Crippen LogP contribution in [0.5, 0.6) is 0 Å². The van der Waals surface area contributed by atoms with Crippen LogP contribution in [0.3, 0.4) is 0 Å². The van der Waals surface area contributed by atoms with Crippen LogP contribution in [0.2, 0.25) is 0 Å². The van der Waals surface area contributed by atoms with Crippen LogP contribution < -0.4 is 0 Å². The van der Waals surface area contributed by atoms with E-state index >= 15 is 0 Å². The summed E-state index contributed by atoms with van der Waals surface area (Å²) in [6.45, 7) is 8.35. The lowest BCUT2D eigenvalue weighted by molar-refractivity contribution is 0.0363. The molecule has 0 aliphatic carbocycles. The highest BCUT2D eigenvalue weighted by Gasteiger charge is 2.34. The van der Waals surface area contributed by atoms with Gasteiger partial charge in [0.1, 0.15) is 17.8 Å². The van der Waals surface area contributed by atoms with Gasteiger partial charge >= 0.3 is 6.09 Å². The van der Waals surface area contributed by atoms with E-state index in [1.807, 2.05) is 20.8 Å². The fourth-order valence-corrected chi connectivity index (χ4v) is 2.14. The van der Waals surface area contributed by atoms with Crippen molar-refractivity contribution in [1.82, 2.24) is 4.31 Å². The molecule has 4 nitrogen and oxygen atoms in total. The maximum Gasteiger partial charge on any atom is 0.422 e. The Morgan fingerprint density at radius 2 is 2.25 bits per heavy atom. The summed E-state index contributed by atoms with van der Waals surface area (Å²) in [5.41, 5.74) is -0.449. The van der Waals surface area contributed by atoms with Crippen LogP contribution >= 0.6 is 12.2 Å². The minimum atomic E-state index is -0.449. The lowest BCUT2D eigenvalue weighted by atomic mass is 10.1. The average molecular weight is 247 g/mol. The first-order valence-electron chi connectivity index (χ1n) is 5.76. The standard InChI is InChI=1S/C11H21NO3S/c1-5-6-7-9-8-14-16-12(9)10(13)15-11(2,3)4/h9H,5-8H2,1-4H3/t9-/m1/s1. The Labute approximate surface area is 102 Å². The number of amides is 1. The first kappa shape index (κ1) is 13.6. The van der Waals surface area contributed by atoms with Crippen molar-refractivity contribution in [3.05, 3.63) is 0 Å². The van der Waals surface area contributed by atoms with Gasteiger partial charge in [0.15, 0.2) is 0 Å². The Morgan fingerprint density at radius 3 is 2.81 bits per heavy atom. The number of unbranched alkanes of at least 4 members (excludes halogenated alkanes) is 1. The first-order chi connectivity index (χ1) is 7.44. The molecule has 1 aliphatic rings. The molecule has 16 heavy (non-hydrogen) atoms. The Bertz CT molecular complexity index is 240. The van der Waals surface area contributed by atoms with E-state index in [4.69, 9.17) is 8.92 Å². The second kappa shape index (κ2) is 5.77. The Morgan fingerprint density at radius 1 is 1.56 bits per heavy atom. The molecule has 5 heteroatoms. The van der Waals surface area contributed by atoms with Crippen LogP contribution in [0.1, 0.15) is 47.0 Å². The zero-order valence-corrected chi connectivity index (χ0v) is 11.3. The minimum absolute atomic E-state index is 0.153. The molecule has 1 atom stereocenters. The average Bonchev–Trinajstić information content (AvgIpc) is 2.59. The number of carbonyl (C=O) groups excluding carboxylic acids is 1. The van der Waals surface area contributed by atoms with E-state index in [0.29, 0.717) is 6.61 Å². The molecule has 0 aromatic carbocycles. The van der Waals surface area contributed by atoms with Crippen LogP contribution in [-0.4, -0.2) is 28.6 Å². The van der Waals surface area contributed by atoms with Crippen molar-refractivity contribution < 1.29 is 13.7 Å². The van der Waals surface area contributed by atoms with Crippen LogP contribution in [0.4, 0.5) is 4.79 Å². The molecule has 1 fully saturated rings. The maximum absolute atomic E-state index is 11.8. The van der Waals surface area contributed by atoms with Crippen molar-refractivity contribution in [3.8, 4) is 0 Å². The van der Waals surface area contributed by atoms with Crippen molar-refractivity contribution in [2.45, 2.75) is 58.6 Å². The predicted octanol–water partition coefficient (Wildman–Crippen LogP) is 3.38. The molecule has 1 rings (SSSR count). The molecule has 0 N–H and O–H groups in total. The quantitative estimate of drug-likeness (QED) is 0.566. The zero-order chi connectivity index (χ0) is 12.2. The van der Waals surface area contributed by atoms with Crippen molar-refractivity contribution in [1.29, 1.82) is 0 Å². The highest BCUT2D eigenvalue weighted by atomic mass is 32.2. The summed E-state index contributed by atoms with van der Waals surface area (Å²) in [6.07, 6.45) is 2.91. The van der Waals surface area contributed by atoms with E-state index in [9.17, 15) is 4.79 Å². The highest BCUT2D eigenvalue weighted by molar-refractivity contribution is 7.93. The molecule has 0 aromatic rings. The lowest BCUT2D eigenvalue weighted by Gasteiger charge is -2.25. The summed E-state index contributed by atoms with van der Waals surface area (Å²) in [7, 11) is 0. The fourth-order valence-electron chi connectivity index (χ4n) is 1.42. The monoisotopic (exact) mass is 247 g/mol. The summed E-state index contributed by atoms with van der Waals surface area (Å²) in [5, 5.41) is 0. The van der Waals surface area contributed by atoms with Gasteiger partial charge in [-0.3, -0.25) is 4.18 Å². The number of hydrogen-bond acceptors (Lipinski definition) is 4. The van der Waals surface area contributed by atoms with E-state index in [2.05, 4.69) is 6.92 Å². The summed E-state index contributed by atoms with van der Waals surface area (Å²) < 4.78 is 12.2. The molecule has 94 valence electrons. The number of rotatable bonds is 3. The van der Waals surface area contributed by atoms with Gasteiger partial charge in [-0.05, 0) is 27.2 Å². The van der Waals surface area contributed by atoms with Crippen molar-refractivity contribution in [2.24, 2.45) is 0 Å². The molecule has 1 heterocycles. The molecule has 0 spiro atoms. The lowest BCUT2D eigenvalue weighted by Crippen LogP contribution is -2.37. The smallest absolute Gasteiger partial charge is 0.422 e. The molecule has 0 unspecified atom stereocenters. The second-order valence-electron chi connectivity index (χ2n) is 4.96. The van der Waals surface area contributed by atoms with Crippen molar-refractivity contribution >= 4 is 18.3 Å². The zero-order valence-electron chi connectivity index (χ0n) is 10.5. The van der Waals surface area contributed by atoms with Gasteiger partial charge in [0, 0.05) is 0 Å². The SMILES string of the molecule is CCCC[C@@H]1COSN1C(=O)OC(C)(C)C. The number of hydrogen-bond donors (Lipinski definition) is 0. The molecule has 0 saturated carbocycles. The van der Waals surface area contributed by atoms with E-state index in [0.717, 1.165) is 31.5 Å². The van der Waals surface area contributed by atoms with E-state index < -0.39 is 5.60 Å². The van der Waals surface area contributed by atoms with E-state index in [-0.39, 0.29) is 12.1 Å². The number of nitrogens with zero attached hydrogens (tertiary/aromatic N) is 1. The van der Waals surface area contributed by atoms with Gasteiger partial charge in [0.05, 0.1) is 12.6 Å². The minimum Gasteiger partial charge on any atom is -0.443 e.